The number of hydrogen-bond donors (Lipinski definition) is 1. The van der Waals surface area contributed by atoms with Crippen molar-refractivity contribution in [1.82, 2.24) is 0 Å². The molecule has 0 aromatic rings. The SMILES string of the molecule is CC1C(C(=O)O)OC2C1OCC2(F)F. The second kappa shape index (κ2) is 2.87. The molecule has 0 aromatic carbocycles. The number of halogens is 2. The molecule has 2 fully saturated rings. The zero-order valence-electron chi connectivity index (χ0n) is 7.44. The molecule has 0 bridgehead atoms. The molecule has 2 rings (SSSR count). The largest absolute Gasteiger partial charge is 0.479 e. The van der Waals surface area contributed by atoms with E-state index in [0.29, 0.717) is 0 Å². The molecule has 0 saturated carbocycles. The highest BCUT2D eigenvalue weighted by atomic mass is 19.3. The van der Waals surface area contributed by atoms with Crippen LogP contribution in [0.4, 0.5) is 8.78 Å². The second-order valence-electron chi connectivity index (χ2n) is 3.71. The Bertz CT molecular complexity index is 268. The maximum Gasteiger partial charge on any atom is 0.333 e. The monoisotopic (exact) mass is 208 g/mol. The third kappa shape index (κ3) is 1.21. The van der Waals surface area contributed by atoms with E-state index in [1.165, 1.54) is 0 Å². The van der Waals surface area contributed by atoms with Gasteiger partial charge in [-0.2, -0.15) is 0 Å². The van der Waals surface area contributed by atoms with Crippen molar-refractivity contribution in [3.63, 3.8) is 0 Å². The van der Waals surface area contributed by atoms with Crippen molar-refractivity contribution in [3.8, 4) is 0 Å². The number of ether oxygens (including phenoxy) is 2. The lowest BCUT2D eigenvalue weighted by atomic mass is 9.98. The highest BCUT2D eigenvalue weighted by Gasteiger charge is 2.61. The lowest BCUT2D eigenvalue weighted by molar-refractivity contribution is -0.161. The maximum absolute atomic E-state index is 13.1. The zero-order valence-corrected chi connectivity index (χ0v) is 7.44. The van der Waals surface area contributed by atoms with E-state index in [-0.39, 0.29) is 0 Å². The van der Waals surface area contributed by atoms with Crippen molar-refractivity contribution in [2.45, 2.75) is 31.2 Å². The van der Waals surface area contributed by atoms with Gasteiger partial charge in [-0.3, -0.25) is 0 Å². The molecule has 1 N–H and O–H groups in total. The van der Waals surface area contributed by atoms with Gasteiger partial charge in [-0.1, -0.05) is 6.92 Å². The first-order chi connectivity index (χ1) is 6.43. The van der Waals surface area contributed by atoms with Crippen LogP contribution in [0, 0.1) is 5.92 Å². The molecule has 14 heavy (non-hydrogen) atoms. The minimum atomic E-state index is -3.07. The third-order valence-electron chi connectivity index (χ3n) is 2.72. The Morgan fingerprint density at radius 3 is 2.71 bits per heavy atom. The van der Waals surface area contributed by atoms with Crippen LogP contribution in [-0.4, -0.2) is 41.9 Å². The molecule has 2 saturated heterocycles. The lowest BCUT2D eigenvalue weighted by Crippen LogP contribution is -2.35. The molecule has 2 heterocycles. The van der Waals surface area contributed by atoms with Crippen LogP contribution >= 0.6 is 0 Å². The molecule has 80 valence electrons. The Balaban J connectivity index is 2.19. The predicted octanol–water partition coefficient (Wildman–Crippen LogP) is 0.509. The van der Waals surface area contributed by atoms with Gasteiger partial charge in [-0.05, 0) is 0 Å². The van der Waals surface area contributed by atoms with Crippen LogP contribution in [0.15, 0.2) is 0 Å². The van der Waals surface area contributed by atoms with E-state index in [1.54, 1.807) is 6.92 Å². The number of carboxylic acids is 1. The summed E-state index contributed by atoms with van der Waals surface area (Å²) in [5.74, 6) is -4.82. The summed E-state index contributed by atoms with van der Waals surface area (Å²) in [6.45, 7) is 0.865. The topological polar surface area (TPSA) is 55.8 Å². The van der Waals surface area contributed by atoms with Crippen molar-refractivity contribution >= 4 is 5.97 Å². The highest BCUT2D eigenvalue weighted by molar-refractivity contribution is 5.73. The summed E-state index contributed by atoms with van der Waals surface area (Å²) in [6, 6.07) is 0. The van der Waals surface area contributed by atoms with E-state index in [2.05, 4.69) is 0 Å². The first kappa shape index (κ1) is 9.79. The average molecular weight is 208 g/mol. The van der Waals surface area contributed by atoms with E-state index >= 15 is 0 Å². The number of rotatable bonds is 1. The van der Waals surface area contributed by atoms with Crippen molar-refractivity contribution in [2.75, 3.05) is 6.61 Å². The lowest BCUT2D eigenvalue weighted by Gasteiger charge is -2.15. The molecule has 6 heteroatoms. The van der Waals surface area contributed by atoms with Gasteiger partial charge in [0.05, 0.1) is 6.10 Å². The Morgan fingerprint density at radius 2 is 2.21 bits per heavy atom. The summed E-state index contributed by atoms with van der Waals surface area (Å²) in [5, 5.41) is 8.68. The summed E-state index contributed by atoms with van der Waals surface area (Å²) >= 11 is 0. The van der Waals surface area contributed by atoms with Crippen LogP contribution in [0.5, 0.6) is 0 Å². The third-order valence-corrected chi connectivity index (χ3v) is 2.72. The van der Waals surface area contributed by atoms with Crippen LogP contribution in [0.1, 0.15) is 6.92 Å². The van der Waals surface area contributed by atoms with Crippen molar-refractivity contribution in [3.05, 3.63) is 0 Å². The van der Waals surface area contributed by atoms with E-state index in [1.807, 2.05) is 0 Å². The second-order valence-corrected chi connectivity index (χ2v) is 3.71. The minimum Gasteiger partial charge on any atom is -0.479 e. The number of aliphatic carboxylic acids is 1. The van der Waals surface area contributed by atoms with Crippen molar-refractivity contribution in [2.24, 2.45) is 5.92 Å². The van der Waals surface area contributed by atoms with Gasteiger partial charge in [-0.15, -0.1) is 0 Å². The fourth-order valence-corrected chi connectivity index (χ4v) is 1.96. The number of hydrogen-bond acceptors (Lipinski definition) is 3. The molecule has 0 aromatic heterocycles. The summed E-state index contributed by atoms with van der Waals surface area (Å²) < 4.78 is 35.8. The smallest absolute Gasteiger partial charge is 0.333 e. The number of carbonyl (C=O) groups is 1. The Labute approximate surface area is 78.8 Å². The van der Waals surface area contributed by atoms with Crippen LogP contribution in [0.3, 0.4) is 0 Å². The van der Waals surface area contributed by atoms with Gasteiger partial charge < -0.3 is 14.6 Å². The summed E-state index contributed by atoms with van der Waals surface area (Å²) in [4.78, 5) is 10.6. The quantitative estimate of drug-likeness (QED) is 0.682. The van der Waals surface area contributed by atoms with Crippen molar-refractivity contribution < 1.29 is 28.2 Å². The number of carboxylic acid groups (broad SMARTS) is 1. The van der Waals surface area contributed by atoms with Gasteiger partial charge in [-0.25, -0.2) is 13.6 Å². The van der Waals surface area contributed by atoms with Gasteiger partial charge in [0, 0.05) is 5.92 Å². The number of fused-ring (bicyclic) bond motifs is 1. The van der Waals surface area contributed by atoms with Crippen molar-refractivity contribution in [1.29, 1.82) is 0 Å². The molecule has 4 atom stereocenters. The average Bonchev–Trinajstić information content (AvgIpc) is 2.53. The van der Waals surface area contributed by atoms with Gasteiger partial charge in [0.25, 0.3) is 5.92 Å². The fourth-order valence-electron chi connectivity index (χ4n) is 1.96. The normalized spacial score (nSPS) is 45.1. The van der Waals surface area contributed by atoms with Gasteiger partial charge >= 0.3 is 5.97 Å². The first-order valence-electron chi connectivity index (χ1n) is 4.31. The summed E-state index contributed by atoms with van der Waals surface area (Å²) in [7, 11) is 0. The van der Waals surface area contributed by atoms with E-state index in [9.17, 15) is 13.6 Å². The van der Waals surface area contributed by atoms with Gasteiger partial charge in [0.1, 0.15) is 6.61 Å². The highest BCUT2D eigenvalue weighted by Crippen LogP contribution is 2.42. The first-order valence-corrected chi connectivity index (χ1v) is 4.31. The van der Waals surface area contributed by atoms with E-state index in [4.69, 9.17) is 14.6 Å². The zero-order chi connectivity index (χ0) is 10.5. The fraction of sp³-hybridized carbons (Fsp3) is 0.875. The number of alkyl halides is 2. The standard InChI is InChI=1S/C8H10F2O4/c1-3-4-6(8(9,10)2-13-4)14-5(3)7(11)12/h3-6H,2H2,1H3,(H,11,12). The predicted molar refractivity (Wildman–Crippen MR) is 40.1 cm³/mol. The van der Waals surface area contributed by atoms with Crippen LogP contribution < -0.4 is 0 Å². The molecule has 4 nitrogen and oxygen atoms in total. The van der Waals surface area contributed by atoms with Crippen LogP contribution in [0.25, 0.3) is 0 Å². The minimum absolute atomic E-state index is 0.536. The van der Waals surface area contributed by atoms with Gasteiger partial charge in [0.15, 0.2) is 12.2 Å². The maximum atomic E-state index is 13.1. The Morgan fingerprint density at radius 1 is 1.57 bits per heavy atom. The summed E-state index contributed by atoms with van der Waals surface area (Å²) in [5.41, 5.74) is 0. The Kier molecular flexibility index (Phi) is 2.01. The van der Waals surface area contributed by atoms with E-state index in [0.717, 1.165) is 0 Å². The van der Waals surface area contributed by atoms with Gasteiger partial charge in [0.2, 0.25) is 0 Å². The Hall–Kier alpha value is -0.750. The molecule has 4 unspecified atom stereocenters. The molecular weight excluding hydrogens is 198 g/mol. The molecule has 2 aliphatic heterocycles. The molecule has 0 radical (unpaired) electrons. The van der Waals surface area contributed by atoms with Crippen LogP contribution in [0.2, 0.25) is 0 Å². The molecular formula is C8H10F2O4. The molecule has 0 aliphatic carbocycles. The summed E-state index contributed by atoms with van der Waals surface area (Å²) in [6.07, 6.45) is -3.39. The molecule has 2 aliphatic rings. The molecule has 0 spiro atoms. The molecule has 0 amide bonds. The van der Waals surface area contributed by atoms with Crippen LogP contribution in [-0.2, 0) is 14.3 Å². The van der Waals surface area contributed by atoms with E-state index < -0.39 is 42.7 Å².